The minimum absolute atomic E-state index is 0.0976. The molecule has 2 aromatic heterocycles. The molecule has 4 aromatic rings. The number of methoxy groups -OCH3 is 2. The number of rotatable bonds is 9. The Labute approximate surface area is 233 Å². The molecule has 0 saturated carbocycles. The fourth-order valence-corrected chi connectivity index (χ4v) is 5.15. The highest BCUT2D eigenvalue weighted by atomic mass is 16.5. The van der Waals surface area contributed by atoms with Gasteiger partial charge in [-0.2, -0.15) is 0 Å². The average molecular weight is 543 g/mol. The second kappa shape index (κ2) is 11.7. The Kier molecular flexibility index (Phi) is 7.97. The summed E-state index contributed by atoms with van der Waals surface area (Å²) in [6.45, 7) is 3.49. The molecule has 5 rings (SSSR count). The van der Waals surface area contributed by atoms with Gasteiger partial charge in [0.2, 0.25) is 5.91 Å². The molecule has 208 valence electrons. The van der Waals surface area contributed by atoms with Crippen molar-refractivity contribution in [1.82, 2.24) is 25.2 Å². The molecule has 1 aliphatic rings. The SMILES string of the molecule is COc1cccc(C2(OC)CCN(C(=O)c3cc4c(NCCNC(C)=O)nc(-c5ccccc5)nc4[nH]3)CC2)c1. The van der Waals surface area contributed by atoms with Gasteiger partial charge in [-0.05, 0) is 36.6 Å². The van der Waals surface area contributed by atoms with Crippen molar-refractivity contribution in [3.05, 3.63) is 71.9 Å². The number of aromatic nitrogens is 3. The average Bonchev–Trinajstić information content (AvgIpc) is 3.44. The molecule has 1 fully saturated rings. The van der Waals surface area contributed by atoms with Gasteiger partial charge in [-0.3, -0.25) is 9.59 Å². The number of H-pyrrole nitrogens is 1. The molecule has 0 bridgehead atoms. The van der Waals surface area contributed by atoms with E-state index in [9.17, 15) is 9.59 Å². The second-order valence-electron chi connectivity index (χ2n) is 9.84. The third-order valence-corrected chi connectivity index (χ3v) is 7.39. The summed E-state index contributed by atoms with van der Waals surface area (Å²) in [5, 5.41) is 6.78. The number of aromatic amines is 1. The number of piperidine rings is 1. The highest BCUT2D eigenvalue weighted by Gasteiger charge is 2.38. The van der Waals surface area contributed by atoms with Crippen LogP contribution in [-0.2, 0) is 15.1 Å². The van der Waals surface area contributed by atoms with E-state index in [1.165, 1.54) is 6.92 Å². The third-order valence-electron chi connectivity index (χ3n) is 7.39. The Morgan fingerprint density at radius 3 is 2.48 bits per heavy atom. The van der Waals surface area contributed by atoms with Gasteiger partial charge < -0.3 is 30.0 Å². The molecule has 2 amide bonds. The maximum atomic E-state index is 13.6. The fraction of sp³-hybridized carbons (Fsp3) is 0.333. The Morgan fingerprint density at radius 2 is 1.77 bits per heavy atom. The molecule has 0 atom stereocenters. The Morgan fingerprint density at radius 1 is 1.00 bits per heavy atom. The maximum absolute atomic E-state index is 13.6. The summed E-state index contributed by atoms with van der Waals surface area (Å²) in [5.74, 6) is 1.72. The van der Waals surface area contributed by atoms with Crippen LogP contribution in [0.2, 0.25) is 0 Å². The number of nitrogens with zero attached hydrogens (tertiary/aromatic N) is 3. The van der Waals surface area contributed by atoms with Gasteiger partial charge in [0.25, 0.3) is 5.91 Å². The summed E-state index contributed by atoms with van der Waals surface area (Å²) in [7, 11) is 3.37. The molecule has 40 heavy (non-hydrogen) atoms. The van der Waals surface area contributed by atoms with Gasteiger partial charge in [-0.1, -0.05) is 42.5 Å². The highest BCUT2D eigenvalue weighted by Crippen LogP contribution is 2.38. The second-order valence-corrected chi connectivity index (χ2v) is 9.84. The molecule has 10 heteroatoms. The van der Waals surface area contributed by atoms with Gasteiger partial charge in [0.1, 0.15) is 22.9 Å². The summed E-state index contributed by atoms with van der Waals surface area (Å²) in [6.07, 6.45) is 1.33. The van der Waals surface area contributed by atoms with E-state index in [4.69, 9.17) is 19.4 Å². The molecular formula is C30H34N6O4. The number of nitrogens with one attached hydrogen (secondary N) is 3. The zero-order chi connectivity index (χ0) is 28.1. The first-order chi connectivity index (χ1) is 19.4. The predicted molar refractivity (Wildman–Crippen MR) is 153 cm³/mol. The minimum atomic E-state index is -0.479. The molecule has 3 N–H and O–H groups in total. The summed E-state index contributed by atoms with van der Waals surface area (Å²) in [4.78, 5) is 39.5. The quantitative estimate of drug-likeness (QED) is 0.274. The molecule has 10 nitrogen and oxygen atoms in total. The molecule has 2 aromatic carbocycles. The van der Waals surface area contributed by atoms with E-state index in [1.807, 2.05) is 59.5 Å². The summed E-state index contributed by atoms with van der Waals surface area (Å²) in [6, 6.07) is 19.4. The molecule has 0 unspecified atom stereocenters. The first-order valence-electron chi connectivity index (χ1n) is 13.4. The van der Waals surface area contributed by atoms with E-state index in [1.54, 1.807) is 20.3 Å². The van der Waals surface area contributed by atoms with Crippen LogP contribution in [0.25, 0.3) is 22.4 Å². The van der Waals surface area contributed by atoms with Crippen molar-refractivity contribution in [2.24, 2.45) is 0 Å². The van der Waals surface area contributed by atoms with Gasteiger partial charge in [0, 0.05) is 45.8 Å². The third kappa shape index (κ3) is 5.62. The lowest BCUT2D eigenvalue weighted by atomic mass is 9.84. The van der Waals surface area contributed by atoms with Crippen molar-refractivity contribution in [1.29, 1.82) is 0 Å². The zero-order valence-corrected chi connectivity index (χ0v) is 23.0. The van der Waals surface area contributed by atoms with Crippen LogP contribution in [-0.4, -0.2) is 72.1 Å². The molecule has 1 aliphatic heterocycles. The molecule has 3 heterocycles. The zero-order valence-electron chi connectivity index (χ0n) is 23.0. The van der Waals surface area contributed by atoms with Crippen LogP contribution in [0.4, 0.5) is 5.82 Å². The minimum Gasteiger partial charge on any atom is -0.497 e. The normalized spacial score (nSPS) is 14.6. The van der Waals surface area contributed by atoms with Gasteiger partial charge in [0.15, 0.2) is 5.82 Å². The molecule has 0 spiro atoms. The largest absolute Gasteiger partial charge is 0.497 e. The van der Waals surface area contributed by atoms with Crippen LogP contribution in [0.3, 0.4) is 0 Å². The van der Waals surface area contributed by atoms with E-state index in [0.717, 1.165) is 16.9 Å². The van der Waals surface area contributed by atoms with Crippen LogP contribution in [0.5, 0.6) is 5.75 Å². The topological polar surface area (TPSA) is 121 Å². The summed E-state index contributed by atoms with van der Waals surface area (Å²) < 4.78 is 11.4. The number of ether oxygens (including phenoxy) is 2. The van der Waals surface area contributed by atoms with Crippen LogP contribution in [0.1, 0.15) is 35.8 Å². The lowest BCUT2D eigenvalue weighted by molar-refractivity contribution is -0.118. The first-order valence-corrected chi connectivity index (χ1v) is 13.4. The number of amides is 2. The van der Waals surface area contributed by atoms with E-state index in [-0.39, 0.29) is 11.8 Å². The maximum Gasteiger partial charge on any atom is 0.270 e. The molecule has 1 saturated heterocycles. The van der Waals surface area contributed by atoms with E-state index >= 15 is 0 Å². The predicted octanol–water partition coefficient (Wildman–Crippen LogP) is 3.96. The monoisotopic (exact) mass is 542 g/mol. The number of anilines is 1. The molecule has 0 radical (unpaired) electrons. The number of likely N-dealkylation sites (tertiary alicyclic amines) is 1. The Hall–Kier alpha value is -4.44. The van der Waals surface area contributed by atoms with Gasteiger partial charge in [0.05, 0.1) is 18.1 Å². The number of hydrogen-bond donors (Lipinski definition) is 3. The number of carbonyl (C=O) groups excluding carboxylic acids is 2. The lowest BCUT2D eigenvalue weighted by Crippen LogP contribution is -2.46. The highest BCUT2D eigenvalue weighted by molar-refractivity contribution is 6.00. The van der Waals surface area contributed by atoms with E-state index < -0.39 is 5.60 Å². The van der Waals surface area contributed by atoms with Crippen LogP contribution < -0.4 is 15.4 Å². The van der Waals surface area contributed by atoms with Crippen molar-refractivity contribution in [3.8, 4) is 17.1 Å². The van der Waals surface area contributed by atoms with Crippen molar-refractivity contribution >= 4 is 28.7 Å². The van der Waals surface area contributed by atoms with Crippen molar-refractivity contribution in [2.75, 3.05) is 45.7 Å². The first kappa shape index (κ1) is 27.1. The van der Waals surface area contributed by atoms with Crippen molar-refractivity contribution < 1.29 is 19.1 Å². The number of benzene rings is 2. The fourth-order valence-electron chi connectivity index (χ4n) is 5.15. The van der Waals surface area contributed by atoms with Gasteiger partial charge in [-0.15, -0.1) is 0 Å². The van der Waals surface area contributed by atoms with Gasteiger partial charge in [-0.25, -0.2) is 9.97 Å². The smallest absolute Gasteiger partial charge is 0.270 e. The Bertz CT molecular complexity index is 1490. The molecule has 0 aliphatic carbocycles. The Balaban J connectivity index is 1.38. The standard InChI is InChI=1S/C30H34N6O4/c1-20(37)31-14-15-32-27-24-19-25(33-28(24)35-26(34-27)21-8-5-4-6-9-21)29(38)36-16-12-30(40-3,13-17-36)22-10-7-11-23(18-22)39-2/h4-11,18-19H,12-17H2,1-3H3,(H,31,37)(H2,32,33,34,35). The van der Waals surface area contributed by atoms with E-state index in [2.05, 4.69) is 15.6 Å². The van der Waals surface area contributed by atoms with Crippen LogP contribution >= 0.6 is 0 Å². The van der Waals surface area contributed by atoms with Crippen molar-refractivity contribution in [2.45, 2.75) is 25.4 Å². The van der Waals surface area contributed by atoms with E-state index in [0.29, 0.717) is 67.4 Å². The molecular weight excluding hydrogens is 508 g/mol. The van der Waals surface area contributed by atoms with Gasteiger partial charge >= 0.3 is 0 Å². The van der Waals surface area contributed by atoms with Crippen LogP contribution in [0, 0.1) is 0 Å². The number of carbonyl (C=O) groups is 2. The number of hydrogen-bond acceptors (Lipinski definition) is 7. The lowest BCUT2D eigenvalue weighted by Gasteiger charge is -2.41. The summed E-state index contributed by atoms with van der Waals surface area (Å²) in [5.41, 5.74) is 2.45. The number of fused-ring (bicyclic) bond motifs is 1. The summed E-state index contributed by atoms with van der Waals surface area (Å²) >= 11 is 0. The van der Waals surface area contributed by atoms with Crippen molar-refractivity contribution in [3.63, 3.8) is 0 Å². The van der Waals surface area contributed by atoms with Crippen LogP contribution in [0.15, 0.2) is 60.7 Å².